The third-order valence-electron chi connectivity index (χ3n) is 3.99. The summed E-state index contributed by atoms with van der Waals surface area (Å²) in [6, 6.07) is 4.21. The van der Waals surface area contributed by atoms with Crippen LogP contribution >= 0.6 is 0 Å². The Labute approximate surface area is 170 Å². The van der Waals surface area contributed by atoms with Crippen molar-refractivity contribution in [2.75, 3.05) is 24.2 Å². The van der Waals surface area contributed by atoms with E-state index in [1.807, 2.05) is 6.92 Å². The van der Waals surface area contributed by atoms with Gasteiger partial charge in [0.2, 0.25) is 5.91 Å². The first kappa shape index (κ1) is 23.1. The van der Waals surface area contributed by atoms with Crippen molar-refractivity contribution in [3.05, 3.63) is 58.8 Å². The fraction of sp³-hybridized carbons (Fsp3) is 0.300. The maximum atomic E-state index is 13.7. The van der Waals surface area contributed by atoms with Gasteiger partial charge in [0.05, 0.1) is 0 Å². The van der Waals surface area contributed by atoms with E-state index in [-0.39, 0.29) is 23.6 Å². The minimum Gasteiger partial charge on any atom is -0.383 e. The zero-order valence-electron chi connectivity index (χ0n) is 16.3. The Balaban J connectivity index is 2.10. The van der Waals surface area contributed by atoms with Crippen molar-refractivity contribution >= 4 is 23.5 Å². The summed E-state index contributed by atoms with van der Waals surface area (Å²) >= 11 is 0. The highest BCUT2D eigenvalue weighted by Gasteiger charge is 2.32. The zero-order valence-corrected chi connectivity index (χ0v) is 16.3. The van der Waals surface area contributed by atoms with E-state index in [1.165, 1.54) is 19.2 Å². The highest BCUT2D eigenvalue weighted by Crippen LogP contribution is 2.30. The Morgan fingerprint density at radius 2 is 1.83 bits per heavy atom. The van der Waals surface area contributed by atoms with Gasteiger partial charge in [-0.05, 0) is 42.3 Å². The molecule has 30 heavy (non-hydrogen) atoms. The number of rotatable bonds is 8. The number of anilines is 2. The predicted molar refractivity (Wildman–Crippen MR) is 105 cm³/mol. The van der Waals surface area contributed by atoms with Gasteiger partial charge >= 0.3 is 6.18 Å². The van der Waals surface area contributed by atoms with E-state index >= 15 is 0 Å². The summed E-state index contributed by atoms with van der Waals surface area (Å²) in [6.45, 7) is 2.12. The lowest BCUT2D eigenvalue weighted by Gasteiger charge is -2.12. The van der Waals surface area contributed by atoms with Crippen molar-refractivity contribution in [2.24, 2.45) is 0 Å². The van der Waals surface area contributed by atoms with Gasteiger partial charge in [0.1, 0.15) is 28.8 Å². The molecule has 0 aliphatic carbocycles. The fourth-order valence-corrected chi connectivity index (χ4v) is 2.53. The summed E-state index contributed by atoms with van der Waals surface area (Å²) in [7, 11) is 1.38. The number of nitrogens with one attached hydrogen (secondary N) is 3. The number of halogens is 5. The molecule has 0 aliphatic rings. The zero-order chi connectivity index (χ0) is 22.3. The van der Waals surface area contributed by atoms with Crippen LogP contribution in [-0.2, 0) is 17.5 Å². The Kier molecular flexibility index (Phi) is 7.73. The van der Waals surface area contributed by atoms with Crippen LogP contribution in [-0.4, -0.2) is 24.5 Å². The molecular formula is C20H21F5N4O. The van der Waals surface area contributed by atoms with Crippen molar-refractivity contribution in [1.29, 1.82) is 0 Å². The number of hydrogen-bond donors (Lipinski definition) is 3. The molecular weight excluding hydrogens is 407 g/mol. The molecule has 0 atom stereocenters. The average Bonchev–Trinajstić information content (AvgIpc) is 2.68. The maximum Gasteiger partial charge on any atom is 0.433 e. The van der Waals surface area contributed by atoms with Crippen molar-refractivity contribution in [1.82, 2.24) is 10.3 Å². The first-order valence-electron chi connectivity index (χ1n) is 9.09. The molecule has 1 aromatic heterocycles. The summed E-state index contributed by atoms with van der Waals surface area (Å²) in [5.74, 6) is -2.17. The normalized spacial score (nSPS) is 11.6. The van der Waals surface area contributed by atoms with E-state index in [9.17, 15) is 26.7 Å². The highest BCUT2D eigenvalue weighted by molar-refractivity contribution is 5.92. The van der Waals surface area contributed by atoms with Gasteiger partial charge in [-0.2, -0.15) is 13.2 Å². The van der Waals surface area contributed by atoms with Crippen LogP contribution in [0.2, 0.25) is 0 Å². The number of pyridine rings is 1. The molecule has 162 valence electrons. The minimum absolute atomic E-state index is 0.00233. The monoisotopic (exact) mass is 428 g/mol. The standard InChI is InChI=1S/C20H21F5N4O/c1-3-8-27-19-13(4-6-16(29-19)20(23,24)25)5-7-17(30)28-11-12-9-14(21)18(26-2)15(22)10-12/h4-7,9-10,26H,3,8,11H2,1-2H3,(H,27,29)(H,28,30)/b7-5+. The molecule has 0 fully saturated rings. The Morgan fingerprint density at radius 1 is 1.17 bits per heavy atom. The smallest absolute Gasteiger partial charge is 0.383 e. The van der Waals surface area contributed by atoms with Crippen molar-refractivity contribution < 1.29 is 26.7 Å². The molecule has 0 saturated heterocycles. The van der Waals surface area contributed by atoms with Crippen LogP contribution in [0.4, 0.5) is 33.5 Å². The van der Waals surface area contributed by atoms with Gasteiger partial charge in [0.15, 0.2) is 0 Å². The third-order valence-corrected chi connectivity index (χ3v) is 3.99. The van der Waals surface area contributed by atoms with Crippen molar-refractivity contribution in [2.45, 2.75) is 26.1 Å². The number of amides is 1. The van der Waals surface area contributed by atoms with Gasteiger partial charge in [-0.1, -0.05) is 6.92 Å². The summed E-state index contributed by atoms with van der Waals surface area (Å²) in [4.78, 5) is 15.6. The largest absolute Gasteiger partial charge is 0.433 e. The summed E-state index contributed by atoms with van der Waals surface area (Å²) in [6.07, 6.45) is -1.50. The number of alkyl halides is 3. The maximum absolute atomic E-state index is 13.7. The van der Waals surface area contributed by atoms with E-state index < -0.39 is 29.4 Å². The lowest BCUT2D eigenvalue weighted by molar-refractivity contribution is -0.141. The molecule has 1 amide bonds. The molecule has 1 heterocycles. The molecule has 5 nitrogen and oxygen atoms in total. The molecule has 0 spiro atoms. The molecule has 0 aliphatic heterocycles. The van der Waals surface area contributed by atoms with Crippen LogP contribution in [0.5, 0.6) is 0 Å². The number of carbonyl (C=O) groups excluding carboxylic acids is 1. The van der Waals surface area contributed by atoms with Gasteiger partial charge < -0.3 is 16.0 Å². The van der Waals surface area contributed by atoms with Crippen LogP contribution in [0, 0.1) is 11.6 Å². The summed E-state index contributed by atoms with van der Waals surface area (Å²) in [5.41, 5.74) is -0.807. The van der Waals surface area contributed by atoms with E-state index in [0.717, 1.165) is 24.3 Å². The van der Waals surface area contributed by atoms with Crippen LogP contribution in [0.1, 0.15) is 30.2 Å². The quantitative estimate of drug-likeness (QED) is 0.426. The highest BCUT2D eigenvalue weighted by atomic mass is 19.4. The summed E-state index contributed by atoms with van der Waals surface area (Å²) in [5, 5.41) is 7.65. The van der Waals surface area contributed by atoms with Gasteiger partial charge in [-0.25, -0.2) is 13.8 Å². The van der Waals surface area contributed by atoms with Gasteiger partial charge in [0, 0.05) is 31.8 Å². The summed E-state index contributed by atoms with van der Waals surface area (Å²) < 4.78 is 66.1. The Bertz CT molecular complexity index is 905. The lowest BCUT2D eigenvalue weighted by atomic mass is 10.1. The number of aromatic nitrogens is 1. The predicted octanol–water partition coefficient (Wildman–Crippen LogP) is 4.57. The number of benzene rings is 1. The molecule has 0 bridgehead atoms. The van der Waals surface area contributed by atoms with E-state index in [4.69, 9.17) is 0 Å². The second-order valence-corrected chi connectivity index (χ2v) is 6.29. The second kappa shape index (κ2) is 10.0. The van der Waals surface area contributed by atoms with Crippen LogP contribution in [0.15, 0.2) is 30.3 Å². The van der Waals surface area contributed by atoms with E-state index in [1.54, 1.807) is 0 Å². The van der Waals surface area contributed by atoms with Crippen LogP contribution in [0.25, 0.3) is 6.08 Å². The first-order chi connectivity index (χ1) is 14.2. The SMILES string of the molecule is CCCNc1nc(C(F)(F)F)ccc1/C=C/C(=O)NCc1cc(F)c(NC)c(F)c1. The molecule has 2 aromatic rings. The average molecular weight is 428 g/mol. The van der Waals surface area contributed by atoms with Crippen molar-refractivity contribution in [3.63, 3.8) is 0 Å². The Morgan fingerprint density at radius 3 is 2.40 bits per heavy atom. The number of hydrogen-bond acceptors (Lipinski definition) is 4. The lowest BCUT2D eigenvalue weighted by Crippen LogP contribution is -2.20. The number of nitrogens with zero attached hydrogens (tertiary/aromatic N) is 1. The molecule has 2 rings (SSSR count). The Hall–Kier alpha value is -3.17. The molecule has 3 N–H and O–H groups in total. The number of carbonyl (C=O) groups is 1. The van der Waals surface area contributed by atoms with Gasteiger partial charge in [0.25, 0.3) is 0 Å². The first-order valence-corrected chi connectivity index (χ1v) is 9.09. The minimum atomic E-state index is -4.59. The van der Waals surface area contributed by atoms with E-state index in [2.05, 4.69) is 20.9 Å². The molecule has 10 heteroatoms. The van der Waals surface area contributed by atoms with Gasteiger partial charge in [-0.3, -0.25) is 4.79 Å². The van der Waals surface area contributed by atoms with Crippen molar-refractivity contribution in [3.8, 4) is 0 Å². The molecule has 0 saturated carbocycles. The second-order valence-electron chi connectivity index (χ2n) is 6.29. The molecule has 0 radical (unpaired) electrons. The van der Waals surface area contributed by atoms with Gasteiger partial charge in [-0.15, -0.1) is 0 Å². The van der Waals surface area contributed by atoms with E-state index in [0.29, 0.717) is 18.5 Å². The third kappa shape index (κ3) is 6.16. The van der Waals surface area contributed by atoms with Crippen LogP contribution < -0.4 is 16.0 Å². The van der Waals surface area contributed by atoms with Crippen LogP contribution in [0.3, 0.4) is 0 Å². The fourth-order valence-electron chi connectivity index (χ4n) is 2.53. The molecule has 0 unspecified atom stereocenters. The molecule has 1 aromatic carbocycles. The topological polar surface area (TPSA) is 66.0 Å².